The van der Waals surface area contributed by atoms with Crippen LogP contribution >= 0.6 is 11.8 Å². The minimum Gasteiger partial charge on any atom is -0.369 e. The van der Waals surface area contributed by atoms with Crippen LogP contribution < -0.4 is 5.73 Å². The van der Waals surface area contributed by atoms with Crippen molar-refractivity contribution in [3.05, 3.63) is 24.0 Å². The van der Waals surface area contributed by atoms with E-state index in [1.165, 1.54) is 18.9 Å². The SMILES string of the molecule is CCSC1CCCC1n1c(N)nc2ccc(F)cc21. The van der Waals surface area contributed by atoms with Crippen molar-refractivity contribution in [2.45, 2.75) is 37.5 Å². The Labute approximate surface area is 116 Å². The van der Waals surface area contributed by atoms with Crippen molar-refractivity contribution in [1.29, 1.82) is 0 Å². The normalized spacial score (nSPS) is 23.3. The lowest BCUT2D eigenvalue weighted by molar-refractivity contribution is 0.547. The number of halogens is 1. The van der Waals surface area contributed by atoms with Gasteiger partial charge in [0.25, 0.3) is 0 Å². The van der Waals surface area contributed by atoms with Gasteiger partial charge in [0.2, 0.25) is 5.95 Å². The Kier molecular flexibility index (Phi) is 3.39. The van der Waals surface area contributed by atoms with E-state index >= 15 is 0 Å². The highest BCUT2D eigenvalue weighted by atomic mass is 32.2. The van der Waals surface area contributed by atoms with Crippen molar-refractivity contribution in [2.24, 2.45) is 0 Å². The van der Waals surface area contributed by atoms with Gasteiger partial charge in [-0.25, -0.2) is 9.37 Å². The Balaban J connectivity index is 2.08. The molecule has 1 aromatic carbocycles. The summed E-state index contributed by atoms with van der Waals surface area (Å²) in [5.41, 5.74) is 7.67. The Morgan fingerprint density at radius 1 is 1.47 bits per heavy atom. The number of thioether (sulfide) groups is 1. The van der Waals surface area contributed by atoms with Gasteiger partial charge in [-0.05, 0) is 36.8 Å². The molecule has 1 fully saturated rings. The number of nitrogens with zero attached hydrogens (tertiary/aromatic N) is 2. The summed E-state index contributed by atoms with van der Waals surface area (Å²) in [7, 11) is 0. The van der Waals surface area contributed by atoms with E-state index in [1.807, 2.05) is 16.3 Å². The fourth-order valence-corrected chi connectivity index (χ4v) is 4.29. The molecule has 2 aromatic rings. The summed E-state index contributed by atoms with van der Waals surface area (Å²) in [5.74, 6) is 1.38. The number of anilines is 1. The van der Waals surface area contributed by atoms with Crippen molar-refractivity contribution in [2.75, 3.05) is 11.5 Å². The van der Waals surface area contributed by atoms with Crippen LogP contribution in [0.1, 0.15) is 32.2 Å². The molecule has 1 heterocycles. The molecule has 0 saturated heterocycles. The van der Waals surface area contributed by atoms with E-state index in [1.54, 1.807) is 12.1 Å². The average molecular weight is 279 g/mol. The van der Waals surface area contributed by atoms with Crippen LogP contribution in [0, 0.1) is 5.82 Å². The third-order valence-corrected chi connectivity index (χ3v) is 5.12. The van der Waals surface area contributed by atoms with E-state index in [4.69, 9.17) is 5.73 Å². The third-order valence-electron chi connectivity index (χ3n) is 3.81. The van der Waals surface area contributed by atoms with E-state index in [-0.39, 0.29) is 5.82 Å². The standard InChI is InChI=1S/C14H18FN3S/c1-2-19-13-5-3-4-11(13)18-12-8-9(15)6-7-10(12)17-14(18)16/h6-8,11,13H,2-5H2,1H3,(H2,16,17). The Hall–Kier alpha value is -1.23. The molecule has 1 aliphatic carbocycles. The van der Waals surface area contributed by atoms with Gasteiger partial charge < -0.3 is 10.3 Å². The molecular weight excluding hydrogens is 261 g/mol. The molecule has 1 aromatic heterocycles. The molecule has 0 spiro atoms. The number of rotatable bonds is 3. The van der Waals surface area contributed by atoms with Crippen LogP contribution in [0.3, 0.4) is 0 Å². The van der Waals surface area contributed by atoms with Gasteiger partial charge in [0.05, 0.1) is 11.0 Å². The van der Waals surface area contributed by atoms with E-state index in [9.17, 15) is 4.39 Å². The first-order valence-electron chi connectivity index (χ1n) is 6.75. The van der Waals surface area contributed by atoms with E-state index in [2.05, 4.69) is 11.9 Å². The first-order valence-corrected chi connectivity index (χ1v) is 7.80. The highest BCUT2D eigenvalue weighted by Crippen LogP contribution is 2.41. The second-order valence-corrected chi connectivity index (χ2v) is 6.48. The number of benzene rings is 1. The third kappa shape index (κ3) is 2.20. The summed E-state index contributed by atoms with van der Waals surface area (Å²) in [6, 6.07) is 5.03. The molecule has 0 radical (unpaired) electrons. The van der Waals surface area contributed by atoms with Crippen molar-refractivity contribution < 1.29 is 4.39 Å². The van der Waals surface area contributed by atoms with Crippen LogP contribution in [-0.2, 0) is 0 Å². The van der Waals surface area contributed by atoms with Crippen molar-refractivity contribution in [1.82, 2.24) is 9.55 Å². The molecule has 1 aliphatic rings. The molecule has 2 unspecified atom stereocenters. The molecule has 2 N–H and O–H groups in total. The van der Waals surface area contributed by atoms with Crippen LogP contribution in [0.5, 0.6) is 0 Å². The van der Waals surface area contributed by atoms with Gasteiger partial charge in [0.1, 0.15) is 5.82 Å². The summed E-state index contributed by atoms with van der Waals surface area (Å²) in [4.78, 5) is 4.36. The lowest BCUT2D eigenvalue weighted by Gasteiger charge is -2.22. The van der Waals surface area contributed by atoms with Crippen LogP contribution in [0.15, 0.2) is 18.2 Å². The van der Waals surface area contributed by atoms with Gasteiger partial charge in [-0.2, -0.15) is 11.8 Å². The lowest BCUT2D eigenvalue weighted by Crippen LogP contribution is -2.18. The smallest absolute Gasteiger partial charge is 0.201 e. The summed E-state index contributed by atoms with van der Waals surface area (Å²) in [6.45, 7) is 2.18. The maximum atomic E-state index is 13.5. The largest absolute Gasteiger partial charge is 0.369 e. The van der Waals surface area contributed by atoms with Gasteiger partial charge in [0, 0.05) is 11.3 Å². The minimum atomic E-state index is -0.230. The first-order chi connectivity index (χ1) is 9.20. The number of hydrogen-bond donors (Lipinski definition) is 1. The fraction of sp³-hybridized carbons (Fsp3) is 0.500. The molecule has 19 heavy (non-hydrogen) atoms. The van der Waals surface area contributed by atoms with Crippen LogP contribution in [0.2, 0.25) is 0 Å². The van der Waals surface area contributed by atoms with Gasteiger partial charge in [-0.15, -0.1) is 0 Å². The van der Waals surface area contributed by atoms with Crippen molar-refractivity contribution >= 4 is 28.7 Å². The number of fused-ring (bicyclic) bond motifs is 1. The Morgan fingerprint density at radius 2 is 2.32 bits per heavy atom. The molecule has 2 atom stereocenters. The molecule has 0 aliphatic heterocycles. The summed E-state index contributed by atoms with van der Waals surface area (Å²) >= 11 is 1.97. The highest BCUT2D eigenvalue weighted by Gasteiger charge is 2.31. The van der Waals surface area contributed by atoms with E-state index in [0.717, 1.165) is 23.2 Å². The van der Waals surface area contributed by atoms with Crippen LogP contribution in [-0.4, -0.2) is 20.6 Å². The second-order valence-electron chi connectivity index (χ2n) is 4.97. The molecule has 1 saturated carbocycles. The molecule has 3 rings (SSSR count). The van der Waals surface area contributed by atoms with Gasteiger partial charge in [0.15, 0.2) is 0 Å². The van der Waals surface area contributed by atoms with Crippen molar-refractivity contribution in [3.63, 3.8) is 0 Å². The zero-order valence-electron chi connectivity index (χ0n) is 11.0. The quantitative estimate of drug-likeness (QED) is 0.933. The second kappa shape index (κ2) is 5.04. The summed E-state index contributed by atoms with van der Waals surface area (Å²) < 4.78 is 15.5. The summed E-state index contributed by atoms with van der Waals surface area (Å²) in [6.07, 6.45) is 3.51. The fourth-order valence-electron chi connectivity index (χ4n) is 3.04. The molecule has 0 amide bonds. The maximum Gasteiger partial charge on any atom is 0.201 e. The number of imidazole rings is 1. The number of nitrogens with two attached hydrogens (primary N) is 1. The topological polar surface area (TPSA) is 43.8 Å². The number of aromatic nitrogens is 2. The Bertz CT molecular complexity index is 596. The molecule has 5 heteroatoms. The highest BCUT2D eigenvalue weighted by molar-refractivity contribution is 7.99. The van der Waals surface area contributed by atoms with Crippen molar-refractivity contribution in [3.8, 4) is 0 Å². The Morgan fingerprint density at radius 3 is 3.11 bits per heavy atom. The monoisotopic (exact) mass is 279 g/mol. The number of hydrogen-bond acceptors (Lipinski definition) is 3. The molecule has 0 bridgehead atoms. The zero-order chi connectivity index (χ0) is 13.4. The predicted molar refractivity (Wildman–Crippen MR) is 78.9 cm³/mol. The van der Waals surface area contributed by atoms with E-state index in [0.29, 0.717) is 17.2 Å². The van der Waals surface area contributed by atoms with Gasteiger partial charge in [-0.1, -0.05) is 13.3 Å². The van der Waals surface area contributed by atoms with E-state index < -0.39 is 0 Å². The molecule has 3 nitrogen and oxygen atoms in total. The van der Waals surface area contributed by atoms with Gasteiger partial charge in [-0.3, -0.25) is 0 Å². The maximum absolute atomic E-state index is 13.5. The average Bonchev–Trinajstić information content (AvgIpc) is 2.93. The summed E-state index contributed by atoms with van der Waals surface area (Å²) in [5, 5.41) is 0.563. The van der Waals surface area contributed by atoms with Crippen LogP contribution in [0.25, 0.3) is 11.0 Å². The van der Waals surface area contributed by atoms with Gasteiger partial charge >= 0.3 is 0 Å². The zero-order valence-corrected chi connectivity index (χ0v) is 11.8. The predicted octanol–water partition coefficient (Wildman–Crippen LogP) is 3.60. The lowest BCUT2D eigenvalue weighted by atomic mass is 10.2. The van der Waals surface area contributed by atoms with Crippen LogP contribution in [0.4, 0.5) is 10.3 Å². The number of nitrogen functional groups attached to an aromatic ring is 1. The first kappa shape index (κ1) is 12.8. The molecule has 102 valence electrons. The molecular formula is C14H18FN3S. The minimum absolute atomic E-state index is 0.230.